The number of hydrogen-bond acceptors (Lipinski definition) is 4. The second-order valence-electron chi connectivity index (χ2n) is 6.38. The number of nitrogens with zero attached hydrogens (tertiary/aromatic N) is 1. The van der Waals surface area contributed by atoms with E-state index in [1.807, 2.05) is 36.0 Å². The standard InChI is InChI=1S/C21H20N2OS2/c1-14-12-21(23-17-8-4-2-6-15(14)17)26-13-20(24)22-18-10-11-25-19-9-5-3-7-16(18)19/h2-9,12,18H,10-11,13H2,1H3,(H,22,24). The second kappa shape index (κ2) is 7.72. The fourth-order valence-electron chi connectivity index (χ4n) is 3.26. The molecule has 0 saturated heterocycles. The lowest BCUT2D eigenvalue weighted by Gasteiger charge is -2.25. The van der Waals surface area contributed by atoms with Crippen LogP contribution in [0.3, 0.4) is 0 Å². The molecule has 1 aromatic heterocycles. The molecule has 5 heteroatoms. The predicted molar refractivity (Wildman–Crippen MR) is 110 cm³/mol. The molecule has 1 atom stereocenters. The van der Waals surface area contributed by atoms with Crippen LogP contribution in [0.5, 0.6) is 0 Å². The van der Waals surface area contributed by atoms with Gasteiger partial charge in [-0.1, -0.05) is 48.2 Å². The molecule has 0 aliphatic carbocycles. The lowest BCUT2D eigenvalue weighted by molar-refractivity contribution is -0.119. The Hall–Kier alpha value is -1.98. The van der Waals surface area contributed by atoms with Gasteiger partial charge in [0.15, 0.2) is 0 Å². The lowest BCUT2D eigenvalue weighted by atomic mass is 10.0. The number of pyridine rings is 1. The summed E-state index contributed by atoms with van der Waals surface area (Å²) in [5.74, 6) is 1.49. The van der Waals surface area contributed by atoms with Gasteiger partial charge in [-0.2, -0.15) is 0 Å². The molecule has 2 aromatic carbocycles. The van der Waals surface area contributed by atoms with E-state index in [1.165, 1.54) is 27.8 Å². The number of carbonyl (C=O) groups excluding carboxylic acids is 1. The van der Waals surface area contributed by atoms with Gasteiger partial charge in [0.2, 0.25) is 5.91 Å². The summed E-state index contributed by atoms with van der Waals surface area (Å²) in [4.78, 5) is 18.4. The maximum Gasteiger partial charge on any atom is 0.230 e. The van der Waals surface area contributed by atoms with E-state index in [9.17, 15) is 4.79 Å². The Bertz CT molecular complexity index is 958. The van der Waals surface area contributed by atoms with E-state index in [2.05, 4.69) is 47.6 Å². The van der Waals surface area contributed by atoms with Crippen molar-refractivity contribution in [3.8, 4) is 0 Å². The molecule has 1 aliphatic heterocycles. The van der Waals surface area contributed by atoms with Crippen LogP contribution in [0.25, 0.3) is 10.9 Å². The molecule has 0 spiro atoms. The van der Waals surface area contributed by atoms with Gasteiger partial charge in [0, 0.05) is 16.0 Å². The molecule has 26 heavy (non-hydrogen) atoms. The van der Waals surface area contributed by atoms with Crippen molar-refractivity contribution in [3.05, 3.63) is 65.7 Å². The number of carbonyl (C=O) groups is 1. The highest BCUT2D eigenvalue weighted by atomic mass is 32.2. The highest BCUT2D eigenvalue weighted by Crippen LogP contribution is 2.35. The number of aryl methyl sites for hydroxylation is 1. The molecule has 3 aromatic rings. The quantitative estimate of drug-likeness (QED) is 0.648. The summed E-state index contributed by atoms with van der Waals surface area (Å²) in [6.45, 7) is 2.09. The van der Waals surface area contributed by atoms with Crippen molar-refractivity contribution in [2.75, 3.05) is 11.5 Å². The van der Waals surface area contributed by atoms with Crippen molar-refractivity contribution in [1.29, 1.82) is 0 Å². The predicted octanol–water partition coefficient (Wildman–Crippen LogP) is 4.99. The van der Waals surface area contributed by atoms with Crippen LogP contribution in [-0.2, 0) is 4.79 Å². The number of para-hydroxylation sites is 1. The molecule has 0 saturated carbocycles. The van der Waals surface area contributed by atoms with Crippen molar-refractivity contribution < 1.29 is 4.79 Å². The summed E-state index contributed by atoms with van der Waals surface area (Å²) < 4.78 is 0. The average molecular weight is 381 g/mol. The number of fused-ring (bicyclic) bond motifs is 2. The van der Waals surface area contributed by atoms with E-state index in [-0.39, 0.29) is 11.9 Å². The van der Waals surface area contributed by atoms with Gasteiger partial charge in [-0.15, -0.1) is 11.8 Å². The van der Waals surface area contributed by atoms with Crippen molar-refractivity contribution >= 4 is 40.3 Å². The van der Waals surface area contributed by atoms with Gasteiger partial charge < -0.3 is 5.32 Å². The number of nitrogens with one attached hydrogen (secondary N) is 1. The highest BCUT2D eigenvalue weighted by molar-refractivity contribution is 8.00. The zero-order chi connectivity index (χ0) is 17.9. The molecule has 3 nitrogen and oxygen atoms in total. The molecule has 1 aliphatic rings. The number of hydrogen-bond donors (Lipinski definition) is 1. The van der Waals surface area contributed by atoms with Gasteiger partial charge in [0.05, 0.1) is 22.3 Å². The largest absolute Gasteiger partial charge is 0.349 e. The molecular weight excluding hydrogens is 360 g/mol. The Kier molecular flexibility index (Phi) is 5.18. The van der Waals surface area contributed by atoms with Crippen LogP contribution in [0.2, 0.25) is 0 Å². The van der Waals surface area contributed by atoms with Crippen LogP contribution >= 0.6 is 23.5 Å². The molecule has 1 N–H and O–H groups in total. The fourth-order valence-corrected chi connectivity index (χ4v) is 5.17. The number of rotatable bonds is 4. The minimum atomic E-state index is 0.0642. The van der Waals surface area contributed by atoms with E-state index in [4.69, 9.17) is 0 Å². The Morgan fingerprint density at radius 2 is 2.04 bits per heavy atom. The molecule has 1 unspecified atom stereocenters. The average Bonchev–Trinajstić information content (AvgIpc) is 2.67. The molecule has 0 fully saturated rings. The Labute approximate surface area is 162 Å². The number of benzene rings is 2. The molecular formula is C21H20N2OS2. The monoisotopic (exact) mass is 380 g/mol. The van der Waals surface area contributed by atoms with Gasteiger partial charge in [-0.25, -0.2) is 4.98 Å². The third kappa shape index (κ3) is 3.74. The van der Waals surface area contributed by atoms with E-state index in [0.29, 0.717) is 5.75 Å². The summed E-state index contributed by atoms with van der Waals surface area (Å²) in [6.07, 6.45) is 0.978. The molecule has 4 rings (SSSR count). The van der Waals surface area contributed by atoms with Crippen LogP contribution in [0.1, 0.15) is 23.6 Å². The Balaban J connectivity index is 1.42. The molecule has 0 bridgehead atoms. The van der Waals surface area contributed by atoms with Crippen molar-refractivity contribution in [1.82, 2.24) is 10.3 Å². The SMILES string of the molecule is Cc1cc(SCC(=O)NC2CCSc3ccccc32)nc2ccccc12. The van der Waals surface area contributed by atoms with Crippen molar-refractivity contribution in [2.24, 2.45) is 0 Å². The number of aromatic nitrogens is 1. The third-order valence-electron chi connectivity index (χ3n) is 4.54. The van der Waals surface area contributed by atoms with Crippen LogP contribution in [-0.4, -0.2) is 22.4 Å². The van der Waals surface area contributed by atoms with Gasteiger partial charge in [0.25, 0.3) is 0 Å². The summed E-state index contributed by atoms with van der Waals surface area (Å²) in [5, 5.41) is 5.26. The molecule has 1 amide bonds. The first kappa shape index (κ1) is 17.4. The van der Waals surface area contributed by atoms with E-state index in [1.54, 1.807) is 0 Å². The first-order valence-corrected chi connectivity index (χ1v) is 10.7. The van der Waals surface area contributed by atoms with E-state index < -0.39 is 0 Å². The highest BCUT2D eigenvalue weighted by Gasteiger charge is 2.21. The van der Waals surface area contributed by atoms with E-state index >= 15 is 0 Å². The third-order valence-corrected chi connectivity index (χ3v) is 6.58. The molecule has 0 radical (unpaired) electrons. The maximum atomic E-state index is 12.5. The Morgan fingerprint density at radius 1 is 1.23 bits per heavy atom. The summed E-state index contributed by atoms with van der Waals surface area (Å²) in [6, 6.07) is 18.6. The van der Waals surface area contributed by atoms with Crippen LogP contribution in [0.15, 0.2) is 64.5 Å². The summed E-state index contributed by atoms with van der Waals surface area (Å²) in [7, 11) is 0. The maximum absolute atomic E-state index is 12.5. The Morgan fingerprint density at radius 3 is 2.96 bits per heavy atom. The van der Waals surface area contributed by atoms with E-state index in [0.717, 1.165) is 28.1 Å². The summed E-state index contributed by atoms with van der Waals surface area (Å²) >= 11 is 3.36. The van der Waals surface area contributed by atoms with Crippen LogP contribution in [0.4, 0.5) is 0 Å². The smallest absolute Gasteiger partial charge is 0.230 e. The summed E-state index contributed by atoms with van der Waals surface area (Å²) in [5.41, 5.74) is 3.41. The van der Waals surface area contributed by atoms with Crippen LogP contribution in [0, 0.1) is 6.92 Å². The zero-order valence-electron chi connectivity index (χ0n) is 14.6. The zero-order valence-corrected chi connectivity index (χ0v) is 16.2. The first-order valence-electron chi connectivity index (χ1n) is 8.71. The molecule has 132 valence electrons. The normalized spacial score (nSPS) is 16.3. The molecule has 2 heterocycles. The number of thioether (sulfide) groups is 2. The lowest BCUT2D eigenvalue weighted by Crippen LogP contribution is -2.31. The van der Waals surface area contributed by atoms with Crippen molar-refractivity contribution in [2.45, 2.75) is 29.3 Å². The first-order chi connectivity index (χ1) is 12.7. The minimum absolute atomic E-state index is 0.0642. The second-order valence-corrected chi connectivity index (χ2v) is 8.51. The number of amides is 1. The van der Waals surface area contributed by atoms with Crippen LogP contribution < -0.4 is 5.32 Å². The van der Waals surface area contributed by atoms with Crippen molar-refractivity contribution in [3.63, 3.8) is 0 Å². The topological polar surface area (TPSA) is 42.0 Å². The minimum Gasteiger partial charge on any atom is -0.349 e. The van der Waals surface area contributed by atoms with Gasteiger partial charge in [-0.05, 0) is 42.7 Å². The fraction of sp³-hybridized carbons (Fsp3) is 0.238. The van der Waals surface area contributed by atoms with Gasteiger partial charge >= 0.3 is 0 Å². The van der Waals surface area contributed by atoms with Gasteiger partial charge in [0.1, 0.15) is 0 Å². The van der Waals surface area contributed by atoms with Gasteiger partial charge in [-0.3, -0.25) is 4.79 Å².